The number of carbonyl (C=O) groups excluding carboxylic acids is 1. The number of aromatic nitrogens is 3. The van der Waals surface area contributed by atoms with E-state index in [-0.39, 0.29) is 11.9 Å². The van der Waals surface area contributed by atoms with E-state index in [9.17, 15) is 4.79 Å². The van der Waals surface area contributed by atoms with E-state index in [0.717, 1.165) is 18.7 Å². The van der Waals surface area contributed by atoms with Crippen LogP contribution in [0.15, 0.2) is 24.5 Å². The zero-order valence-corrected chi connectivity index (χ0v) is 12.6. The third kappa shape index (κ3) is 2.15. The van der Waals surface area contributed by atoms with Crippen LogP contribution in [-0.2, 0) is 4.79 Å². The quantitative estimate of drug-likeness (QED) is 0.922. The van der Waals surface area contributed by atoms with Crippen LogP contribution in [0, 0.1) is 6.92 Å². The molecule has 6 nitrogen and oxygen atoms in total. The number of hydrogen-bond donors (Lipinski definition) is 1. The molecule has 0 aliphatic carbocycles. The van der Waals surface area contributed by atoms with E-state index in [1.807, 2.05) is 0 Å². The standard InChI is InChI=1S/C16H19N5O/c1-11-8-12(4-5-13(11)20-6-2-3-7-20)14-9-15(22)19-16-17-10-18-21(14)16/h4-5,8,10,14H,2-3,6-7,9H2,1H3,(H,17,18,19,22)/t14-/m0/s1. The second-order valence-electron chi connectivity index (χ2n) is 6.04. The molecule has 1 N–H and O–H groups in total. The van der Waals surface area contributed by atoms with Crippen LogP contribution >= 0.6 is 0 Å². The van der Waals surface area contributed by atoms with E-state index in [1.165, 1.54) is 30.4 Å². The highest BCUT2D eigenvalue weighted by molar-refractivity contribution is 5.91. The molecule has 2 aliphatic heterocycles. The molecule has 1 aromatic carbocycles. The van der Waals surface area contributed by atoms with Gasteiger partial charge in [-0.2, -0.15) is 10.1 Å². The van der Waals surface area contributed by atoms with Gasteiger partial charge in [0.25, 0.3) is 0 Å². The summed E-state index contributed by atoms with van der Waals surface area (Å²) in [7, 11) is 0. The summed E-state index contributed by atoms with van der Waals surface area (Å²) in [4.78, 5) is 18.4. The average molecular weight is 297 g/mol. The number of amides is 1. The van der Waals surface area contributed by atoms with Gasteiger partial charge in [-0.15, -0.1) is 0 Å². The molecule has 0 spiro atoms. The van der Waals surface area contributed by atoms with E-state index < -0.39 is 0 Å². The lowest BCUT2D eigenvalue weighted by Gasteiger charge is -2.26. The number of benzene rings is 1. The van der Waals surface area contributed by atoms with Gasteiger partial charge >= 0.3 is 0 Å². The molecule has 4 rings (SSSR count). The molecule has 0 radical (unpaired) electrons. The van der Waals surface area contributed by atoms with Crippen molar-refractivity contribution in [3.8, 4) is 0 Å². The molecule has 114 valence electrons. The summed E-state index contributed by atoms with van der Waals surface area (Å²) < 4.78 is 1.80. The minimum atomic E-state index is -0.0717. The third-order valence-corrected chi connectivity index (χ3v) is 4.55. The summed E-state index contributed by atoms with van der Waals surface area (Å²) in [5, 5.41) is 7.01. The number of carbonyl (C=O) groups is 1. The Balaban J connectivity index is 1.69. The van der Waals surface area contributed by atoms with Crippen LogP contribution < -0.4 is 10.2 Å². The van der Waals surface area contributed by atoms with Gasteiger partial charge < -0.3 is 4.90 Å². The third-order valence-electron chi connectivity index (χ3n) is 4.55. The summed E-state index contributed by atoms with van der Waals surface area (Å²) in [6.07, 6.45) is 4.43. The Morgan fingerprint density at radius 1 is 1.27 bits per heavy atom. The second-order valence-corrected chi connectivity index (χ2v) is 6.04. The Hall–Kier alpha value is -2.37. The van der Waals surface area contributed by atoms with Gasteiger partial charge in [-0.25, -0.2) is 4.68 Å². The van der Waals surface area contributed by atoms with Crippen LogP contribution in [0.3, 0.4) is 0 Å². The van der Waals surface area contributed by atoms with Crippen molar-refractivity contribution in [1.82, 2.24) is 14.8 Å². The first-order valence-corrected chi connectivity index (χ1v) is 7.77. The van der Waals surface area contributed by atoms with E-state index in [0.29, 0.717) is 12.4 Å². The molecular weight excluding hydrogens is 278 g/mol. The van der Waals surface area contributed by atoms with E-state index in [2.05, 4.69) is 45.4 Å². The van der Waals surface area contributed by atoms with Crippen LogP contribution in [0.1, 0.15) is 36.4 Å². The highest BCUT2D eigenvalue weighted by Gasteiger charge is 2.28. The van der Waals surface area contributed by atoms with Gasteiger partial charge in [0, 0.05) is 18.8 Å². The van der Waals surface area contributed by atoms with Gasteiger partial charge in [-0.1, -0.05) is 12.1 Å². The molecule has 1 saturated heterocycles. The molecule has 3 heterocycles. The van der Waals surface area contributed by atoms with Crippen molar-refractivity contribution >= 4 is 17.5 Å². The predicted octanol–water partition coefficient (Wildman–Crippen LogP) is 2.12. The number of rotatable bonds is 2. The minimum Gasteiger partial charge on any atom is -0.371 e. The molecular formula is C16H19N5O. The number of fused-ring (bicyclic) bond motifs is 1. The maximum atomic E-state index is 11.9. The van der Waals surface area contributed by atoms with Crippen molar-refractivity contribution < 1.29 is 4.79 Å². The van der Waals surface area contributed by atoms with Crippen LogP contribution in [0.25, 0.3) is 0 Å². The van der Waals surface area contributed by atoms with Gasteiger partial charge in [0.2, 0.25) is 11.9 Å². The van der Waals surface area contributed by atoms with E-state index >= 15 is 0 Å². The number of anilines is 2. The predicted molar refractivity (Wildman–Crippen MR) is 84.0 cm³/mol. The van der Waals surface area contributed by atoms with Gasteiger partial charge in [-0.05, 0) is 37.0 Å². The Morgan fingerprint density at radius 2 is 2.09 bits per heavy atom. The Kier molecular flexibility index (Phi) is 3.10. The minimum absolute atomic E-state index is 0.00762. The van der Waals surface area contributed by atoms with Gasteiger partial charge in [0.05, 0.1) is 12.5 Å². The van der Waals surface area contributed by atoms with Crippen molar-refractivity contribution in [2.45, 2.75) is 32.2 Å². The molecule has 0 bridgehead atoms. The average Bonchev–Trinajstić information content (AvgIpc) is 3.17. The highest BCUT2D eigenvalue weighted by Crippen LogP contribution is 2.32. The lowest BCUT2D eigenvalue weighted by atomic mass is 9.99. The first-order valence-electron chi connectivity index (χ1n) is 7.77. The fourth-order valence-corrected chi connectivity index (χ4v) is 3.46. The fourth-order valence-electron chi connectivity index (χ4n) is 3.46. The Morgan fingerprint density at radius 3 is 2.86 bits per heavy atom. The lowest BCUT2D eigenvalue weighted by molar-refractivity contribution is -0.117. The lowest BCUT2D eigenvalue weighted by Crippen LogP contribution is -2.29. The van der Waals surface area contributed by atoms with Crippen molar-refractivity contribution in [2.75, 3.05) is 23.3 Å². The zero-order valence-electron chi connectivity index (χ0n) is 12.6. The van der Waals surface area contributed by atoms with Crippen LogP contribution in [0.5, 0.6) is 0 Å². The topological polar surface area (TPSA) is 63.1 Å². The Bertz CT molecular complexity index is 717. The Labute approximate surface area is 129 Å². The first kappa shape index (κ1) is 13.3. The summed E-state index contributed by atoms with van der Waals surface area (Å²) in [5.74, 6) is 0.522. The molecule has 0 unspecified atom stereocenters. The first-order chi connectivity index (χ1) is 10.7. The molecule has 2 aromatic rings. The van der Waals surface area contributed by atoms with Gasteiger partial charge in [0.15, 0.2) is 0 Å². The molecule has 22 heavy (non-hydrogen) atoms. The van der Waals surface area contributed by atoms with Gasteiger partial charge in [-0.3, -0.25) is 10.1 Å². The SMILES string of the molecule is Cc1cc([C@@H]2CC(=O)Nc3ncnn32)ccc1N1CCCC1. The van der Waals surface area contributed by atoms with Crippen molar-refractivity contribution in [3.05, 3.63) is 35.7 Å². The largest absolute Gasteiger partial charge is 0.371 e. The van der Waals surface area contributed by atoms with E-state index in [1.54, 1.807) is 4.68 Å². The normalized spacial score (nSPS) is 20.9. The van der Waals surface area contributed by atoms with Crippen molar-refractivity contribution in [1.29, 1.82) is 0 Å². The second kappa shape index (κ2) is 5.12. The summed E-state index contributed by atoms with van der Waals surface area (Å²) >= 11 is 0. The monoisotopic (exact) mass is 297 g/mol. The molecule has 1 amide bonds. The zero-order chi connectivity index (χ0) is 15.1. The molecule has 0 saturated carbocycles. The van der Waals surface area contributed by atoms with E-state index in [4.69, 9.17) is 0 Å². The summed E-state index contributed by atoms with van der Waals surface area (Å²) in [6, 6.07) is 6.41. The molecule has 1 fully saturated rings. The molecule has 1 atom stereocenters. The smallest absolute Gasteiger partial charge is 0.229 e. The maximum Gasteiger partial charge on any atom is 0.229 e. The number of nitrogens with one attached hydrogen (secondary N) is 1. The van der Waals surface area contributed by atoms with Crippen molar-refractivity contribution in [2.24, 2.45) is 0 Å². The van der Waals surface area contributed by atoms with Crippen LogP contribution in [0.4, 0.5) is 11.6 Å². The highest BCUT2D eigenvalue weighted by atomic mass is 16.2. The number of aryl methyl sites for hydroxylation is 1. The van der Waals surface area contributed by atoms with Crippen LogP contribution in [-0.4, -0.2) is 33.8 Å². The number of hydrogen-bond acceptors (Lipinski definition) is 4. The van der Waals surface area contributed by atoms with Crippen LogP contribution in [0.2, 0.25) is 0 Å². The molecule has 1 aromatic heterocycles. The molecule has 6 heteroatoms. The maximum absolute atomic E-state index is 11.9. The van der Waals surface area contributed by atoms with Gasteiger partial charge in [0.1, 0.15) is 6.33 Å². The molecule has 2 aliphatic rings. The summed E-state index contributed by atoms with van der Waals surface area (Å²) in [5.41, 5.74) is 3.68. The summed E-state index contributed by atoms with van der Waals surface area (Å²) in [6.45, 7) is 4.42. The van der Waals surface area contributed by atoms with Crippen molar-refractivity contribution in [3.63, 3.8) is 0 Å². The number of nitrogens with zero attached hydrogens (tertiary/aromatic N) is 4. The fraction of sp³-hybridized carbons (Fsp3) is 0.438.